The molecule has 0 amide bonds. The molecule has 1 aromatic heterocycles. The van der Waals surface area contributed by atoms with Crippen LogP contribution in [0.3, 0.4) is 0 Å². The van der Waals surface area contributed by atoms with Gasteiger partial charge in [0.25, 0.3) is 0 Å². The topological polar surface area (TPSA) is 46.2 Å². The molecule has 4 nitrogen and oxygen atoms in total. The molecule has 1 aliphatic heterocycles. The van der Waals surface area contributed by atoms with Crippen molar-refractivity contribution in [3.05, 3.63) is 12.1 Å². The van der Waals surface area contributed by atoms with Gasteiger partial charge in [-0.3, -0.25) is 0 Å². The van der Waals surface area contributed by atoms with E-state index in [1.165, 1.54) is 6.42 Å². The molecule has 0 saturated heterocycles. The molecule has 2 rings (SSSR count). The number of ether oxygens (including phenoxy) is 1. The smallest absolute Gasteiger partial charge is 0.215 e. The van der Waals surface area contributed by atoms with Crippen molar-refractivity contribution in [1.82, 2.24) is 4.98 Å². The maximum atomic E-state index is 5.15. The summed E-state index contributed by atoms with van der Waals surface area (Å²) in [6.07, 6.45) is 1.19. The fourth-order valence-electron chi connectivity index (χ4n) is 2.41. The maximum Gasteiger partial charge on any atom is 0.215 e. The van der Waals surface area contributed by atoms with Gasteiger partial charge in [-0.1, -0.05) is 20.8 Å². The predicted molar refractivity (Wildman–Crippen MR) is 75.3 cm³/mol. The van der Waals surface area contributed by atoms with E-state index in [2.05, 4.69) is 36.4 Å². The average Bonchev–Trinajstić information content (AvgIpc) is 2.49. The lowest BCUT2D eigenvalue weighted by atomic mass is 9.84. The summed E-state index contributed by atoms with van der Waals surface area (Å²) >= 11 is 0. The van der Waals surface area contributed by atoms with Gasteiger partial charge in [-0.2, -0.15) is 4.98 Å². The van der Waals surface area contributed by atoms with Gasteiger partial charge in [0.1, 0.15) is 0 Å². The van der Waals surface area contributed by atoms with E-state index in [1.54, 1.807) is 7.11 Å². The highest BCUT2D eigenvalue weighted by Gasteiger charge is 2.22. The molecule has 0 radical (unpaired) electrons. The fraction of sp³-hybridized carbons (Fsp3) is 0.643. The van der Waals surface area contributed by atoms with Crippen molar-refractivity contribution in [2.24, 2.45) is 11.3 Å². The molecular weight excluding hydrogens is 226 g/mol. The third kappa shape index (κ3) is 3.28. The first-order valence-electron chi connectivity index (χ1n) is 6.51. The number of fused-ring (bicyclic) bond motifs is 1. The summed E-state index contributed by atoms with van der Waals surface area (Å²) in [6, 6.07) is 3.91. The van der Waals surface area contributed by atoms with E-state index in [1.807, 2.05) is 12.1 Å². The molecule has 2 N–H and O–H groups in total. The van der Waals surface area contributed by atoms with Crippen LogP contribution in [0.2, 0.25) is 0 Å². The first kappa shape index (κ1) is 13.0. The van der Waals surface area contributed by atoms with Crippen molar-refractivity contribution >= 4 is 11.5 Å². The van der Waals surface area contributed by atoms with Crippen LogP contribution in [0.15, 0.2) is 12.1 Å². The largest absolute Gasteiger partial charge is 0.481 e. The molecule has 18 heavy (non-hydrogen) atoms. The van der Waals surface area contributed by atoms with E-state index in [0.29, 0.717) is 17.2 Å². The molecule has 0 saturated carbocycles. The van der Waals surface area contributed by atoms with Gasteiger partial charge >= 0.3 is 0 Å². The minimum Gasteiger partial charge on any atom is -0.481 e. The Labute approximate surface area is 109 Å². The maximum absolute atomic E-state index is 5.15. The first-order chi connectivity index (χ1) is 8.48. The van der Waals surface area contributed by atoms with Crippen LogP contribution in [0.25, 0.3) is 0 Å². The quantitative estimate of drug-likeness (QED) is 0.846. The normalized spacial score (nSPS) is 19.2. The van der Waals surface area contributed by atoms with Crippen LogP contribution >= 0.6 is 0 Å². The molecule has 1 aromatic rings. The molecular formula is C14H23N3O. The second kappa shape index (κ2) is 5.04. The molecule has 0 fully saturated rings. The number of hydrogen-bond donors (Lipinski definition) is 2. The van der Waals surface area contributed by atoms with Crippen molar-refractivity contribution in [2.75, 3.05) is 30.8 Å². The van der Waals surface area contributed by atoms with Crippen LogP contribution in [0.5, 0.6) is 5.88 Å². The molecule has 1 aliphatic rings. The fourth-order valence-corrected chi connectivity index (χ4v) is 2.41. The van der Waals surface area contributed by atoms with Crippen molar-refractivity contribution in [2.45, 2.75) is 27.2 Å². The van der Waals surface area contributed by atoms with E-state index in [0.717, 1.165) is 24.6 Å². The number of nitrogens with zero attached hydrogens (tertiary/aromatic N) is 1. The molecule has 2 heterocycles. The highest BCUT2D eigenvalue weighted by atomic mass is 16.5. The van der Waals surface area contributed by atoms with E-state index in [4.69, 9.17) is 4.74 Å². The van der Waals surface area contributed by atoms with Crippen LogP contribution in [-0.4, -0.2) is 25.2 Å². The third-order valence-electron chi connectivity index (χ3n) is 3.12. The Hall–Kier alpha value is -1.45. The Morgan fingerprint density at radius 3 is 2.67 bits per heavy atom. The Morgan fingerprint density at radius 2 is 2.00 bits per heavy atom. The monoisotopic (exact) mass is 249 g/mol. The summed E-state index contributed by atoms with van der Waals surface area (Å²) in [5, 5.41) is 6.89. The van der Waals surface area contributed by atoms with Gasteiger partial charge in [0, 0.05) is 19.2 Å². The van der Waals surface area contributed by atoms with Crippen molar-refractivity contribution in [3.63, 3.8) is 0 Å². The van der Waals surface area contributed by atoms with E-state index < -0.39 is 0 Å². The van der Waals surface area contributed by atoms with E-state index in [9.17, 15) is 0 Å². The summed E-state index contributed by atoms with van der Waals surface area (Å²) in [6.45, 7) is 8.80. The number of anilines is 2. The Balaban J connectivity index is 2.07. The van der Waals surface area contributed by atoms with Crippen LogP contribution < -0.4 is 15.4 Å². The summed E-state index contributed by atoms with van der Waals surface area (Å²) in [5.41, 5.74) is 1.42. The first-order valence-corrected chi connectivity index (χ1v) is 6.51. The Morgan fingerprint density at radius 1 is 1.28 bits per heavy atom. The lowest BCUT2D eigenvalue weighted by Crippen LogP contribution is -2.24. The molecule has 0 aliphatic carbocycles. The Kier molecular flexibility index (Phi) is 3.64. The zero-order chi connectivity index (χ0) is 13.2. The molecule has 1 unspecified atom stereocenters. The van der Waals surface area contributed by atoms with Crippen molar-refractivity contribution in [3.8, 4) is 5.88 Å². The SMILES string of the molecule is COc1ccc2c(n1)NCC(CC(C)(C)C)CN2. The van der Waals surface area contributed by atoms with Crippen molar-refractivity contribution < 1.29 is 4.74 Å². The number of aromatic nitrogens is 1. The number of hydrogen-bond acceptors (Lipinski definition) is 4. The summed E-state index contributed by atoms with van der Waals surface area (Å²) in [7, 11) is 1.64. The number of pyridine rings is 1. The highest BCUT2D eigenvalue weighted by Crippen LogP contribution is 2.30. The molecule has 0 bridgehead atoms. The average molecular weight is 249 g/mol. The predicted octanol–water partition coefficient (Wildman–Crippen LogP) is 2.98. The number of methoxy groups -OCH3 is 1. The molecule has 0 spiro atoms. The van der Waals surface area contributed by atoms with Crippen LogP contribution in [0.4, 0.5) is 11.5 Å². The van der Waals surface area contributed by atoms with Gasteiger partial charge in [0.2, 0.25) is 5.88 Å². The zero-order valence-corrected chi connectivity index (χ0v) is 11.7. The minimum atomic E-state index is 0.357. The minimum absolute atomic E-state index is 0.357. The van der Waals surface area contributed by atoms with Gasteiger partial charge in [-0.05, 0) is 23.8 Å². The van der Waals surface area contributed by atoms with E-state index in [-0.39, 0.29) is 0 Å². The summed E-state index contributed by atoms with van der Waals surface area (Å²) in [4.78, 5) is 4.43. The Bertz CT molecular complexity index is 412. The second-order valence-corrected chi connectivity index (χ2v) is 6.14. The van der Waals surface area contributed by atoms with Gasteiger partial charge in [-0.25, -0.2) is 0 Å². The number of nitrogens with one attached hydrogen (secondary N) is 2. The molecule has 4 heteroatoms. The van der Waals surface area contributed by atoms with Crippen LogP contribution in [0, 0.1) is 11.3 Å². The van der Waals surface area contributed by atoms with Crippen LogP contribution in [-0.2, 0) is 0 Å². The summed E-state index contributed by atoms with van der Waals surface area (Å²) < 4.78 is 5.15. The lowest BCUT2D eigenvalue weighted by molar-refractivity contribution is 0.310. The molecule has 1 atom stereocenters. The van der Waals surface area contributed by atoms with Gasteiger partial charge in [-0.15, -0.1) is 0 Å². The van der Waals surface area contributed by atoms with Crippen LogP contribution in [0.1, 0.15) is 27.2 Å². The second-order valence-electron chi connectivity index (χ2n) is 6.14. The summed E-state index contributed by atoms with van der Waals surface area (Å²) in [5.74, 6) is 2.16. The van der Waals surface area contributed by atoms with Gasteiger partial charge in [0.05, 0.1) is 12.8 Å². The van der Waals surface area contributed by atoms with Gasteiger partial charge in [0.15, 0.2) is 5.82 Å². The molecule has 0 aromatic carbocycles. The van der Waals surface area contributed by atoms with E-state index >= 15 is 0 Å². The molecule has 100 valence electrons. The third-order valence-corrected chi connectivity index (χ3v) is 3.12. The number of rotatable bonds is 2. The standard InChI is InChI=1S/C14H23N3O/c1-14(2,3)7-10-8-15-11-5-6-12(18-4)17-13(11)16-9-10/h5-6,10,15H,7-9H2,1-4H3,(H,16,17). The van der Waals surface area contributed by atoms with Crippen molar-refractivity contribution in [1.29, 1.82) is 0 Å². The lowest BCUT2D eigenvalue weighted by Gasteiger charge is -2.24. The zero-order valence-electron chi connectivity index (χ0n) is 11.7. The van der Waals surface area contributed by atoms with Gasteiger partial charge < -0.3 is 15.4 Å². The highest BCUT2D eigenvalue weighted by molar-refractivity contribution is 5.66.